The molecule has 0 unspecified atom stereocenters. The van der Waals surface area contributed by atoms with Crippen molar-refractivity contribution in [2.75, 3.05) is 13.1 Å². The zero-order chi connectivity index (χ0) is 12.0. The lowest BCUT2D eigenvalue weighted by Gasteiger charge is -2.20. The quantitative estimate of drug-likeness (QED) is 0.828. The van der Waals surface area contributed by atoms with Gasteiger partial charge in [-0.25, -0.2) is 0 Å². The van der Waals surface area contributed by atoms with Crippen molar-refractivity contribution in [2.24, 2.45) is 0 Å². The van der Waals surface area contributed by atoms with E-state index in [0.717, 1.165) is 25.1 Å². The molecule has 0 aliphatic carbocycles. The van der Waals surface area contributed by atoms with E-state index in [2.05, 4.69) is 6.92 Å². The normalized spacial score (nSPS) is 10.1. The second kappa shape index (κ2) is 6.16. The Kier molecular flexibility index (Phi) is 4.83. The van der Waals surface area contributed by atoms with Gasteiger partial charge in [-0.2, -0.15) is 0 Å². The van der Waals surface area contributed by atoms with Crippen LogP contribution in [-0.4, -0.2) is 29.0 Å². The first-order chi connectivity index (χ1) is 7.67. The van der Waals surface area contributed by atoms with Gasteiger partial charge in [-0.3, -0.25) is 4.79 Å². The largest absolute Gasteiger partial charge is 0.508 e. The smallest absolute Gasteiger partial charge is 0.226 e. The molecule has 1 aromatic carbocycles. The summed E-state index contributed by atoms with van der Waals surface area (Å²) in [5.74, 6) is 0.382. The maximum atomic E-state index is 11.9. The Morgan fingerprint density at radius 1 is 1.25 bits per heavy atom. The molecule has 0 saturated heterocycles. The number of carbonyl (C=O) groups is 1. The maximum Gasteiger partial charge on any atom is 0.226 e. The molecule has 1 aromatic rings. The van der Waals surface area contributed by atoms with Gasteiger partial charge in [-0.1, -0.05) is 19.1 Å². The third-order valence-corrected chi connectivity index (χ3v) is 2.52. The minimum absolute atomic E-state index is 0.148. The maximum absolute atomic E-state index is 11.9. The minimum atomic E-state index is 0.148. The topological polar surface area (TPSA) is 40.5 Å². The fourth-order valence-corrected chi connectivity index (χ4v) is 1.63. The average Bonchev–Trinajstić information content (AvgIpc) is 2.29. The number of likely N-dealkylation sites (N-methyl/N-ethyl adjacent to an activating group) is 1. The Labute approximate surface area is 96.7 Å². The molecule has 1 N–H and O–H groups in total. The van der Waals surface area contributed by atoms with Gasteiger partial charge in [-0.15, -0.1) is 0 Å². The molecule has 0 aliphatic rings. The van der Waals surface area contributed by atoms with Crippen LogP contribution >= 0.6 is 0 Å². The number of benzene rings is 1. The highest BCUT2D eigenvalue weighted by Gasteiger charge is 2.10. The summed E-state index contributed by atoms with van der Waals surface area (Å²) < 4.78 is 0. The van der Waals surface area contributed by atoms with Crippen LogP contribution in [0.15, 0.2) is 24.3 Å². The van der Waals surface area contributed by atoms with Crippen molar-refractivity contribution in [3.8, 4) is 5.75 Å². The fraction of sp³-hybridized carbons (Fsp3) is 0.462. The molecule has 0 aromatic heterocycles. The molecule has 0 atom stereocenters. The van der Waals surface area contributed by atoms with E-state index in [-0.39, 0.29) is 11.7 Å². The summed E-state index contributed by atoms with van der Waals surface area (Å²) in [6.07, 6.45) is 1.39. The van der Waals surface area contributed by atoms with E-state index in [1.165, 1.54) is 0 Å². The summed E-state index contributed by atoms with van der Waals surface area (Å²) in [5, 5.41) is 9.14. The van der Waals surface area contributed by atoms with Gasteiger partial charge in [0, 0.05) is 13.1 Å². The van der Waals surface area contributed by atoms with Crippen LogP contribution < -0.4 is 0 Å². The summed E-state index contributed by atoms with van der Waals surface area (Å²) in [6.45, 7) is 5.62. The predicted molar refractivity (Wildman–Crippen MR) is 64.4 cm³/mol. The Morgan fingerprint density at radius 2 is 1.88 bits per heavy atom. The molecule has 0 bridgehead atoms. The third kappa shape index (κ3) is 3.57. The molecule has 0 fully saturated rings. The van der Waals surface area contributed by atoms with Crippen LogP contribution in [0, 0.1) is 0 Å². The van der Waals surface area contributed by atoms with E-state index in [1.807, 2.05) is 11.8 Å². The van der Waals surface area contributed by atoms with Gasteiger partial charge in [0.25, 0.3) is 0 Å². The zero-order valence-electron chi connectivity index (χ0n) is 9.94. The Morgan fingerprint density at radius 3 is 2.38 bits per heavy atom. The number of phenols is 1. The molecule has 88 valence electrons. The highest BCUT2D eigenvalue weighted by molar-refractivity contribution is 5.78. The minimum Gasteiger partial charge on any atom is -0.508 e. The van der Waals surface area contributed by atoms with Crippen LogP contribution in [0.25, 0.3) is 0 Å². The highest BCUT2D eigenvalue weighted by atomic mass is 16.3. The van der Waals surface area contributed by atoms with Gasteiger partial charge in [-0.05, 0) is 31.0 Å². The summed E-state index contributed by atoms with van der Waals surface area (Å²) in [4.78, 5) is 13.7. The molecular weight excluding hydrogens is 202 g/mol. The summed E-state index contributed by atoms with van der Waals surface area (Å²) >= 11 is 0. The number of nitrogens with zero attached hydrogens (tertiary/aromatic N) is 1. The first-order valence-electron chi connectivity index (χ1n) is 5.73. The molecular formula is C13H19NO2. The van der Waals surface area contributed by atoms with Crippen molar-refractivity contribution in [3.05, 3.63) is 29.8 Å². The van der Waals surface area contributed by atoms with Gasteiger partial charge < -0.3 is 10.0 Å². The van der Waals surface area contributed by atoms with E-state index in [1.54, 1.807) is 24.3 Å². The van der Waals surface area contributed by atoms with Gasteiger partial charge >= 0.3 is 0 Å². The van der Waals surface area contributed by atoms with E-state index in [9.17, 15) is 4.79 Å². The molecule has 0 heterocycles. The number of hydrogen-bond acceptors (Lipinski definition) is 2. The van der Waals surface area contributed by atoms with Crippen molar-refractivity contribution in [1.29, 1.82) is 0 Å². The lowest BCUT2D eigenvalue weighted by Crippen LogP contribution is -2.32. The lowest BCUT2D eigenvalue weighted by atomic mass is 10.1. The molecule has 3 nitrogen and oxygen atoms in total. The molecule has 16 heavy (non-hydrogen) atoms. The molecule has 0 saturated carbocycles. The van der Waals surface area contributed by atoms with E-state index < -0.39 is 0 Å². The molecule has 1 amide bonds. The molecule has 0 spiro atoms. The molecule has 3 heteroatoms. The number of amides is 1. The second-order valence-corrected chi connectivity index (χ2v) is 3.82. The van der Waals surface area contributed by atoms with Crippen molar-refractivity contribution < 1.29 is 9.90 Å². The Hall–Kier alpha value is -1.51. The molecule has 1 rings (SSSR count). The SMILES string of the molecule is CCCN(CC)C(=O)Cc1ccc(O)cc1. The van der Waals surface area contributed by atoms with E-state index in [4.69, 9.17) is 5.11 Å². The molecule has 0 radical (unpaired) electrons. The van der Waals surface area contributed by atoms with Crippen LogP contribution in [0.2, 0.25) is 0 Å². The third-order valence-electron chi connectivity index (χ3n) is 2.52. The fourth-order valence-electron chi connectivity index (χ4n) is 1.63. The monoisotopic (exact) mass is 221 g/mol. The first kappa shape index (κ1) is 12.6. The Bertz CT molecular complexity index is 332. The lowest BCUT2D eigenvalue weighted by molar-refractivity contribution is -0.130. The van der Waals surface area contributed by atoms with Crippen LogP contribution in [0.5, 0.6) is 5.75 Å². The second-order valence-electron chi connectivity index (χ2n) is 3.82. The number of aromatic hydroxyl groups is 1. The molecule has 0 aliphatic heterocycles. The number of carbonyl (C=O) groups excluding carboxylic acids is 1. The standard InChI is InChI=1S/C13H19NO2/c1-3-9-14(4-2)13(16)10-11-5-7-12(15)8-6-11/h5-8,15H,3-4,9-10H2,1-2H3. The predicted octanol–water partition coefficient (Wildman–Crippen LogP) is 2.19. The number of rotatable bonds is 5. The first-order valence-corrected chi connectivity index (χ1v) is 5.73. The number of hydrogen-bond donors (Lipinski definition) is 1. The average molecular weight is 221 g/mol. The Balaban J connectivity index is 2.59. The van der Waals surface area contributed by atoms with Crippen molar-refractivity contribution in [1.82, 2.24) is 4.90 Å². The van der Waals surface area contributed by atoms with Crippen LogP contribution in [0.1, 0.15) is 25.8 Å². The summed E-state index contributed by atoms with van der Waals surface area (Å²) in [7, 11) is 0. The highest BCUT2D eigenvalue weighted by Crippen LogP contribution is 2.11. The number of phenolic OH excluding ortho intramolecular Hbond substituents is 1. The van der Waals surface area contributed by atoms with Gasteiger partial charge in [0.1, 0.15) is 5.75 Å². The van der Waals surface area contributed by atoms with Crippen LogP contribution in [0.4, 0.5) is 0 Å². The van der Waals surface area contributed by atoms with E-state index in [0.29, 0.717) is 6.42 Å². The van der Waals surface area contributed by atoms with Crippen molar-refractivity contribution >= 4 is 5.91 Å². The van der Waals surface area contributed by atoms with Crippen LogP contribution in [0.3, 0.4) is 0 Å². The zero-order valence-corrected chi connectivity index (χ0v) is 9.94. The van der Waals surface area contributed by atoms with Crippen molar-refractivity contribution in [2.45, 2.75) is 26.7 Å². The van der Waals surface area contributed by atoms with Gasteiger partial charge in [0.05, 0.1) is 6.42 Å². The van der Waals surface area contributed by atoms with E-state index >= 15 is 0 Å². The summed E-state index contributed by atoms with van der Waals surface area (Å²) in [5.41, 5.74) is 0.942. The van der Waals surface area contributed by atoms with Gasteiger partial charge in [0.2, 0.25) is 5.91 Å². The summed E-state index contributed by atoms with van der Waals surface area (Å²) in [6, 6.07) is 6.79. The van der Waals surface area contributed by atoms with Crippen molar-refractivity contribution in [3.63, 3.8) is 0 Å². The van der Waals surface area contributed by atoms with Crippen LogP contribution in [-0.2, 0) is 11.2 Å². The van der Waals surface area contributed by atoms with Gasteiger partial charge in [0.15, 0.2) is 0 Å².